The van der Waals surface area contributed by atoms with Gasteiger partial charge in [0.05, 0.1) is 0 Å². The molecule has 1 unspecified atom stereocenters. The second-order valence-electron chi connectivity index (χ2n) is 9.97. The van der Waals surface area contributed by atoms with Gasteiger partial charge in [-0.05, 0) is 55.7 Å². The van der Waals surface area contributed by atoms with Gasteiger partial charge in [-0.25, -0.2) is 4.79 Å². The summed E-state index contributed by atoms with van der Waals surface area (Å²) in [4.78, 5) is 37.3. The normalized spacial score (nSPS) is 32.8. The van der Waals surface area contributed by atoms with Crippen LogP contribution in [0.5, 0.6) is 11.5 Å². The number of phenols is 2. The number of ketones is 1. The number of nitrogens with one attached hydrogen (secondary N) is 1. The highest BCUT2D eigenvalue weighted by Gasteiger charge is 2.72. The minimum atomic E-state index is -1.41. The number of carbonyl (C=O) groups excluding carboxylic acids is 2. The van der Waals surface area contributed by atoms with Crippen LogP contribution in [0, 0.1) is 22.7 Å². The number of aromatic carboxylic acids is 1. The summed E-state index contributed by atoms with van der Waals surface area (Å²) in [5.41, 5.74) is -2.58. The van der Waals surface area contributed by atoms with Crippen LogP contribution in [0.4, 0.5) is 5.69 Å². The lowest BCUT2D eigenvalue weighted by Crippen LogP contribution is -2.73. The van der Waals surface area contributed by atoms with Gasteiger partial charge in [-0.1, -0.05) is 13.0 Å². The predicted molar refractivity (Wildman–Crippen MR) is 123 cm³/mol. The Morgan fingerprint density at radius 3 is 2.51 bits per heavy atom. The van der Waals surface area contributed by atoms with Crippen LogP contribution in [0.2, 0.25) is 0 Å². The first-order valence-electron chi connectivity index (χ1n) is 11.6. The molecule has 0 heterocycles. The van der Waals surface area contributed by atoms with Crippen molar-refractivity contribution < 1.29 is 44.3 Å². The minimum Gasteiger partial charge on any atom is -0.506 e. The molecule has 5 atom stereocenters. The first-order chi connectivity index (χ1) is 16.5. The number of carboxylic acid groups (broad SMARTS) is 1. The van der Waals surface area contributed by atoms with Crippen molar-refractivity contribution in [2.75, 3.05) is 19.5 Å². The van der Waals surface area contributed by atoms with E-state index in [1.807, 2.05) is 6.92 Å². The highest BCUT2D eigenvalue weighted by Crippen LogP contribution is 2.67. The van der Waals surface area contributed by atoms with Crippen LogP contribution in [-0.2, 0) is 19.1 Å². The van der Waals surface area contributed by atoms with E-state index in [1.54, 1.807) is 6.08 Å². The van der Waals surface area contributed by atoms with E-state index in [4.69, 9.17) is 9.47 Å². The summed E-state index contributed by atoms with van der Waals surface area (Å²) < 4.78 is 11.6. The SMILES string of the molecule is COC1(OC)[C@H](O)[C@H]2CC[C@@]13C=CC(=O)[C@@](C)(CCC(=O)Nc1c(O)ccc(C(=O)O)c1O)C3C2. The van der Waals surface area contributed by atoms with Gasteiger partial charge >= 0.3 is 5.97 Å². The third-order valence-corrected chi connectivity index (χ3v) is 8.57. The third-order valence-electron chi connectivity index (χ3n) is 8.57. The Morgan fingerprint density at radius 1 is 1.20 bits per heavy atom. The van der Waals surface area contributed by atoms with Crippen LogP contribution in [0.15, 0.2) is 24.3 Å². The van der Waals surface area contributed by atoms with Crippen molar-refractivity contribution in [2.45, 2.75) is 50.9 Å². The quantitative estimate of drug-likeness (QED) is 0.286. The van der Waals surface area contributed by atoms with Crippen molar-refractivity contribution in [3.8, 4) is 11.5 Å². The van der Waals surface area contributed by atoms with E-state index in [-0.39, 0.29) is 30.5 Å². The van der Waals surface area contributed by atoms with Crippen molar-refractivity contribution in [1.82, 2.24) is 0 Å². The van der Waals surface area contributed by atoms with Crippen LogP contribution in [0.1, 0.15) is 49.4 Å². The highest BCUT2D eigenvalue weighted by atomic mass is 16.7. The van der Waals surface area contributed by atoms with Crippen molar-refractivity contribution in [3.63, 3.8) is 0 Å². The van der Waals surface area contributed by atoms with Gasteiger partial charge in [0.15, 0.2) is 11.5 Å². The number of carboxylic acids is 1. The third kappa shape index (κ3) is 3.46. The second-order valence-corrected chi connectivity index (χ2v) is 9.97. The number of allylic oxidation sites excluding steroid dienone is 1. The molecule has 3 saturated carbocycles. The number of phenolic OH excluding ortho intramolecular Hbond substituents is 1. The van der Waals surface area contributed by atoms with E-state index in [2.05, 4.69) is 5.32 Å². The molecule has 2 bridgehead atoms. The number of rotatable bonds is 7. The number of amides is 1. The molecule has 3 fully saturated rings. The number of benzene rings is 1. The van der Waals surface area contributed by atoms with Crippen molar-refractivity contribution >= 4 is 23.3 Å². The predicted octanol–water partition coefficient (Wildman–Crippen LogP) is 2.43. The zero-order valence-electron chi connectivity index (χ0n) is 19.9. The Kier molecular flexibility index (Phi) is 6.19. The molecular weight excluding hydrogens is 458 g/mol. The number of aromatic hydroxyl groups is 2. The molecule has 10 heteroatoms. The number of hydrogen-bond donors (Lipinski definition) is 5. The van der Waals surface area contributed by atoms with Gasteiger partial charge in [-0.15, -0.1) is 0 Å². The monoisotopic (exact) mass is 489 g/mol. The number of anilines is 1. The number of hydrogen-bond acceptors (Lipinski definition) is 8. The molecule has 190 valence electrons. The number of ether oxygens (including phenoxy) is 2. The topological polar surface area (TPSA) is 163 Å². The van der Waals surface area contributed by atoms with Crippen LogP contribution >= 0.6 is 0 Å². The fourth-order valence-corrected chi connectivity index (χ4v) is 6.70. The molecule has 0 aromatic heterocycles. The molecule has 5 N–H and O–H groups in total. The Labute approximate surface area is 202 Å². The van der Waals surface area contributed by atoms with Gasteiger partial charge < -0.3 is 35.2 Å². The molecule has 0 aliphatic heterocycles. The van der Waals surface area contributed by atoms with Crippen LogP contribution < -0.4 is 5.32 Å². The second kappa shape index (κ2) is 8.61. The van der Waals surface area contributed by atoms with E-state index in [0.29, 0.717) is 12.8 Å². The average molecular weight is 490 g/mol. The van der Waals surface area contributed by atoms with Gasteiger partial charge in [0, 0.05) is 31.5 Å². The van der Waals surface area contributed by atoms with Gasteiger partial charge in [-0.2, -0.15) is 0 Å². The smallest absolute Gasteiger partial charge is 0.339 e. The van der Waals surface area contributed by atoms with Crippen LogP contribution in [-0.4, -0.2) is 64.2 Å². The summed E-state index contributed by atoms with van der Waals surface area (Å²) in [7, 11) is 2.97. The van der Waals surface area contributed by atoms with Crippen molar-refractivity contribution in [2.24, 2.45) is 22.7 Å². The molecule has 35 heavy (non-hydrogen) atoms. The Morgan fingerprint density at radius 2 is 1.89 bits per heavy atom. The van der Waals surface area contributed by atoms with Crippen LogP contribution in [0.25, 0.3) is 0 Å². The van der Waals surface area contributed by atoms with Gasteiger partial charge in [0.1, 0.15) is 23.1 Å². The zero-order valence-corrected chi connectivity index (χ0v) is 19.9. The lowest BCUT2D eigenvalue weighted by atomic mass is 9.42. The Balaban J connectivity index is 1.60. The number of methoxy groups -OCH3 is 2. The zero-order chi connectivity index (χ0) is 25.8. The molecule has 1 aromatic carbocycles. The Bertz CT molecular complexity index is 1090. The minimum absolute atomic E-state index is 0.123. The molecule has 1 aromatic rings. The maximum absolute atomic E-state index is 13.2. The average Bonchev–Trinajstić information content (AvgIpc) is 2.83. The number of aliphatic hydroxyl groups is 1. The van der Waals surface area contributed by atoms with E-state index < -0.39 is 57.3 Å². The lowest BCUT2D eigenvalue weighted by Gasteiger charge is -2.66. The molecule has 5 rings (SSSR count). The first kappa shape index (κ1) is 25.2. The number of carbonyl (C=O) groups is 3. The first-order valence-corrected chi connectivity index (χ1v) is 11.6. The molecule has 0 radical (unpaired) electrons. The summed E-state index contributed by atoms with van der Waals surface area (Å²) in [6, 6.07) is 2.10. The number of fused-ring (bicyclic) bond motifs is 2. The molecule has 1 spiro atoms. The fourth-order valence-electron chi connectivity index (χ4n) is 6.70. The highest BCUT2D eigenvalue weighted by molar-refractivity contribution is 6.00. The van der Waals surface area contributed by atoms with Gasteiger partial charge in [0.2, 0.25) is 11.7 Å². The molecular formula is C25H31NO9. The van der Waals surface area contributed by atoms with E-state index in [1.165, 1.54) is 20.3 Å². The maximum atomic E-state index is 13.2. The largest absolute Gasteiger partial charge is 0.506 e. The summed E-state index contributed by atoms with van der Waals surface area (Å²) >= 11 is 0. The standard InChI is InChI=1S/C25H31NO9/c1-23(9-8-18(29)26-19-15(27)5-4-14(20(19)30)22(32)33)16-12-13-6-10-24(16,11-7-17(23)28)25(34-2,35-3)21(13)31/h4-5,7,11,13,16,21,27,30-31H,6,8-10,12H2,1-3H3,(H,26,29)(H,32,33)/t13-,16?,21+,23-,24-/m0/s1. The molecule has 4 aliphatic carbocycles. The van der Waals surface area contributed by atoms with Crippen molar-refractivity contribution in [1.29, 1.82) is 0 Å². The van der Waals surface area contributed by atoms with E-state index >= 15 is 0 Å². The molecule has 1 amide bonds. The fraction of sp³-hybridized carbons (Fsp3) is 0.560. The maximum Gasteiger partial charge on any atom is 0.339 e. The summed E-state index contributed by atoms with van der Waals surface area (Å²) in [5, 5.41) is 42.8. The summed E-state index contributed by atoms with van der Waals surface area (Å²) in [6.45, 7) is 1.81. The molecule has 4 aliphatic rings. The van der Waals surface area contributed by atoms with E-state index in [0.717, 1.165) is 18.6 Å². The Hall–Kier alpha value is -2.95. The van der Waals surface area contributed by atoms with Gasteiger partial charge in [0.25, 0.3) is 0 Å². The van der Waals surface area contributed by atoms with Gasteiger partial charge in [-0.3, -0.25) is 9.59 Å². The van der Waals surface area contributed by atoms with Crippen LogP contribution in [0.3, 0.4) is 0 Å². The molecule has 10 nitrogen and oxygen atoms in total. The van der Waals surface area contributed by atoms with Crippen molar-refractivity contribution in [3.05, 3.63) is 29.8 Å². The molecule has 0 saturated heterocycles. The van der Waals surface area contributed by atoms with E-state index in [9.17, 15) is 34.8 Å². The lowest BCUT2D eigenvalue weighted by molar-refractivity contribution is -0.369. The number of aliphatic hydroxyl groups excluding tert-OH is 1. The summed E-state index contributed by atoms with van der Waals surface area (Å²) in [6.07, 6.45) is 4.47. The summed E-state index contributed by atoms with van der Waals surface area (Å²) in [5.74, 6) is -5.06.